The van der Waals surface area contributed by atoms with Gasteiger partial charge in [-0.25, -0.2) is 4.79 Å². The molecule has 2 heterocycles. The Morgan fingerprint density at radius 1 is 1.29 bits per heavy atom. The third kappa shape index (κ3) is 3.86. The number of nitrogens with zero attached hydrogens (tertiary/aromatic N) is 2. The molecule has 176 valence electrons. The molecule has 8 nitrogen and oxygen atoms in total. The van der Waals surface area contributed by atoms with E-state index < -0.39 is 11.4 Å². The molecule has 0 amide bonds. The molecule has 0 spiro atoms. The summed E-state index contributed by atoms with van der Waals surface area (Å²) < 4.78 is 7.78. The minimum atomic E-state index is -1.21. The maximum atomic E-state index is 12.9. The molecule has 10 heteroatoms. The summed E-state index contributed by atoms with van der Waals surface area (Å²) in [5.41, 5.74) is 5.77. The van der Waals surface area contributed by atoms with Gasteiger partial charge in [0.1, 0.15) is 5.56 Å². The fraction of sp³-hybridized carbons (Fsp3) is 0.333. The zero-order valence-electron chi connectivity index (χ0n) is 18.8. The summed E-state index contributed by atoms with van der Waals surface area (Å²) in [7, 11) is 3.34. The molecule has 2 aliphatic carbocycles. The Kier molecular flexibility index (Phi) is 5.86. The average molecular weight is 497 g/mol. The second-order valence-corrected chi connectivity index (χ2v) is 9.95. The molecular formula is C24H24N4O4S2. The molecule has 0 saturated heterocycles. The second kappa shape index (κ2) is 8.84. The average Bonchev–Trinajstić information content (AvgIpc) is 3.59. The Morgan fingerprint density at radius 3 is 2.76 bits per heavy atom. The van der Waals surface area contributed by atoms with Crippen molar-refractivity contribution in [2.75, 3.05) is 14.2 Å². The number of thiocarbonyl (C=S) groups is 1. The van der Waals surface area contributed by atoms with Gasteiger partial charge in [0.15, 0.2) is 10.9 Å². The van der Waals surface area contributed by atoms with Crippen LogP contribution in [0.5, 0.6) is 5.75 Å². The predicted octanol–water partition coefficient (Wildman–Crippen LogP) is 3.91. The van der Waals surface area contributed by atoms with Crippen LogP contribution in [-0.4, -0.2) is 40.6 Å². The molecule has 0 bridgehead atoms. The van der Waals surface area contributed by atoms with Crippen LogP contribution in [0.3, 0.4) is 0 Å². The highest BCUT2D eigenvalue weighted by molar-refractivity contribution is 7.80. The molecule has 0 unspecified atom stereocenters. The van der Waals surface area contributed by atoms with Gasteiger partial charge in [-0.3, -0.25) is 10.2 Å². The lowest BCUT2D eigenvalue weighted by Gasteiger charge is -2.17. The number of carbonyl (C=O) groups is 1. The van der Waals surface area contributed by atoms with Crippen LogP contribution in [0, 0.1) is 0 Å². The number of thiophene rings is 1. The minimum absolute atomic E-state index is 0.169. The Balaban J connectivity index is 1.67. The van der Waals surface area contributed by atoms with Crippen molar-refractivity contribution in [2.45, 2.75) is 38.1 Å². The van der Waals surface area contributed by atoms with Crippen LogP contribution in [0.1, 0.15) is 52.5 Å². The van der Waals surface area contributed by atoms with Gasteiger partial charge in [-0.15, -0.1) is 11.3 Å². The van der Waals surface area contributed by atoms with Crippen LogP contribution < -0.4 is 20.9 Å². The topological polar surface area (TPSA) is 105 Å². The number of fused-ring (bicyclic) bond motifs is 2. The number of ether oxygens (including phenoxy) is 1. The number of nitrogens with one attached hydrogen (secondary N) is 2. The molecule has 0 aliphatic heterocycles. The molecule has 0 radical (unpaired) electrons. The number of rotatable bonds is 5. The molecule has 1 saturated carbocycles. The highest BCUT2D eigenvalue weighted by Crippen LogP contribution is 2.45. The Bertz CT molecular complexity index is 1420. The number of benzene rings is 1. The fourth-order valence-corrected chi connectivity index (χ4v) is 5.74. The normalized spacial score (nSPS) is 16.4. The van der Waals surface area contributed by atoms with E-state index in [0.29, 0.717) is 21.8 Å². The van der Waals surface area contributed by atoms with Crippen molar-refractivity contribution < 1.29 is 14.6 Å². The quantitative estimate of drug-likeness (QED) is 0.363. The third-order valence-electron chi connectivity index (χ3n) is 6.24. The molecule has 1 aromatic carbocycles. The number of hydrazone groups is 1. The van der Waals surface area contributed by atoms with E-state index in [0.717, 1.165) is 53.8 Å². The van der Waals surface area contributed by atoms with E-state index in [4.69, 9.17) is 17.0 Å². The summed E-state index contributed by atoms with van der Waals surface area (Å²) in [5.74, 6) is -0.626. The standard InChI is InChI=1S/C24H24N4O4S2/c1-25-24(33)27-26-17-4-3-5-18-15(17)10-19(34-18)13-8-9-14-20(22(13)32-2)28(12-6-7-12)11-16(21(14)29)23(30)31/h8-12H,3-7H2,1-2H3,(H,30,31)(H2,25,27,33)/b26-17-. The molecule has 3 N–H and O–H groups in total. The summed E-state index contributed by atoms with van der Waals surface area (Å²) >= 11 is 6.84. The lowest BCUT2D eigenvalue weighted by molar-refractivity contribution is 0.0695. The van der Waals surface area contributed by atoms with E-state index in [9.17, 15) is 14.7 Å². The highest BCUT2D eigenvalue weighted by atomic mass is 32.1. The first-order valence-electron chi connectivity index (χ1n) is 11.1. The maximum Gasteiger partial charge on any atom is 0.341 e. The molecule has 2 aliphatic rings. The lowest BCUT2D eigenvalue weighted by Crippen LogP contribution is -2.29. The van der Waals surface area contributed by atoms with Crippen molar-refractivity contribution in [1.29, 1.82) is 0 Å². The van der Waals surface area contributed by atoms with Crippen molar-refractivity contribution in [3.05, 3.63) is 50.6 Å². The number of carboxylic acids is 1. The van der Waals surface area contributed by atoms with E-state index in [-0.39, 0.29) is 11.6 Å². The van der Waals surface area contributed by atoms with Gasteiger partial charge in [0, 0.05) is 40.2 Å². The monoisotopic (exact) mass is 496 g/mol. The zero-order chi connectivity index (χ0) is 24.0. The largest absolute Gasteiger partial charge is 0.494 e. The predicted molar refractivity (Wildman–Crippen MR) is 138 cm³/mol. The molecule has 0 atom stereocenters. The van der Waals surface area contributed by atoms with Crippen LogP contribution in [-0.2, 0) is 6.42 Å². The molecule has 5 rings (SSSR count). The highest BCUT2D eigenvalue weighted by Gasteiger charge is 2.30. The van der Waals surface area contributed by atoms with Gasteiger partial charge in [-0.1, -0.05) is 0 Å². The second-order valence-electron chi connectivity index (χ2n) is 8.41. The van der Waals surface area contributed by atoms with E-state index in [1.54, 1.807) is 31.6 Å². The Morgan fingerprint density at radius 2 is 2.09 bits per heavy atom. The van der Waals surface area contributed by atoms with Crippen molar-refractivity contribution in [3.8, 4) is 16.2 Å². The number of hydrogen-bond donors (Lipinski definition) is 3. The summed E-state index contributed by atoms with van der Waals surface area (Å²) in [6.45, 7) is 0. The number of aryl methyl sites for hydroxylation is 1. The first-order chi connectivity index (χ1) is 16.4. The van der Waals surface area contributed by atoms with Crippen LogP contribution in [0.4, 0.5) is 0 Å². The number of carboxylic acid groups (broad SMARTS) is 1. The maximum absolute atomic E-state index is 12.9. The van der Waals surface area contributed by atoms with Gasteiger partial charge in [-0.2, -0.15) is 5.10 Å². The summed E-state index contributed by atoms with van der Waals surface area (Å²) in [6, 6.07) is 5.87. The summed E-state index contributed by atoms with van der Waals surface area (Å²) in [5, 5.41) is 17.8. The lowest BCUT2D eigenvalue weighted by atomic mass is 9.96. The number of methoxy groups -OCH3 is 1. The number of hydrogen-bond acceptors (Lipinski definition) is 6. The van der Waals surface area contributed by atoms with E-state index in [1.807, 2.05) is 10.6 Å². The van der Waals surface area contributed by atoms with Gasteiger partial charge in [0.05, 0.1) is 23.7 Å². The van der Waals surface area contributed by atoms with Crippen LogP contribution >= 0.6 is 23.6 Å². The van der Waals surface area contributed by atoms with Crippen molar-refractivity contribution in [2.24, 2.45) is 5.10 Å². The molecule has 34 heavy (non-hydrogen) atoms. The molecular weight excluding hydrogens is 472 g/mol. The first kappa shape index (κ1) is 22.5. The van der Waals surface area contributed by atoms with Crippen molar-refractivity contribution in [3.63, 3.8) is 0 Å². The Labute approximate surface area is 205 Å². The van der Waals surface area contributed by atoms with E-state index >= 15 is 0 Å². The van der Waals surface area contributed by atoms with Gasteiger partial charge >= 0.3 is 5.97 Å². The van der Waals surface area contributed by atoms with Gasteiger partial charge in [0.2, 0.25) is 5.43 Å². The first-order valence-corrected chi connectivity index (χ1v) is 12.3. The van der Waals surface area contributed by atoms with Crippen molar-refractivity contribution in [1.82, 2.24) is 15.3 Å². The van der Waals surface area contributed by atoms with E-state index in [1.165, 1.54) is 11.1 Å². The van der Waals surface area contributed by atoms with Gasteiger partial charge in [0.25, 0.3) is 0 Å². The minimum Gasteiger partial charge on any atom is -0.494 e. The molecule has 1 fully saturated rings. The SMILES string of the molecule is CNC(=S)N/N=C1/CCCc2sc(-c3ccc4c(=O)c(C(=O)O)cn(C5CC5)c4c3OC)cc21. The molecule has 2 aromatic heterocycles. The van der Waals surface area contributed by atoms with Crippen LogP contribution in [0.25, 0.3) is 21.3 Å². The van der Waals surface area contributed by atoms with Crippen LogP contribution in [0.15, 0.2) is 34.3 Å². The third-order valence-corrected chi connectivity index (χ3v) is 7.77. The molecule has 3 aromatic rings. The number of pyridine rings is 1. The van der Waals surface area contributed by atoms with E-state index in [2.05, 4.69) is 21.9 Å². The smallest absolute Gasteiger partial charge is 0.341 e. The fourth-order valence-electron chi connectivity index (χ4n) is 4.44. The summed E-state index contributed by atoms with van der Waals surface area (Å²) in [6.07, 6.45) is 6.19. The van der Waals surface area contributed by atoms with Gasteiger partial charge in [-0.05, 0) is 62.5 Å². The zero-order valence-corrected chi connectivity index (χ0v) is 20.4. The van der Waals surface area contributed by atoms with Crippen molar-refractivity contribution >= 4 is 51.3 Å². The number of aromatic nitrogens is 1. The van der Waals surface area contributed by atoms with Gasteiger partial charge < -0.3 is 19.7 Å². The Hall–Kier alpha value is -3.24. The summed E-state index contributed by atoms with van der Waals surface area (Å²) in [4.78, 5) is 26.9. The van der Waals surface area contributed by atoms with Crippen LogP contribution in [0.2, 0.25) is 0 Å². The number of aromatic carboxylic acids is 1.